The third kappa shape index (κ3) is 2.40. The molecule has 3 aromatic rings. The van der Waals surface area contributed by atoms with Crippen LogP contribution in [0, 0.1) is 20.8 Å². The first kappa shape index (κ1) is 13.7. The highest BCUT2D eigenvalue weighted by molar-refractivity contribution is 7.18. The Morgan fingerprint density at radius 1 is 1.29 bits per heavy atom. The lowest BCUT2D eigenvalue weighted by Gasteiger charge is -2.05. The number of aromatic nitrogens is 4. The van der Waals surface area contributed by atoms with E-state index in [1.807, 2.05) is 20.8 Å². The van der Waals surface area contributed by atoms with Gasteiger partial charge in [-0.25, -0.2) is 14.6 Å². The van der Waals surface area contributed by atoms with E-state index in [1.54, 1.807) is 17.5 Å². The van der Waals surface area contributed by atoms with Crippen molar-refractivity contribution in [2.75, 3.05) is 5.73 Å². The Morgan fingerprint density at radius 3 is 2.76 bits per heavy atom. The van der Waals surface area contributed by atoms with E-state index in [9.17, 15) is 4.79 Å². The molecule has 0 aromatic carbocycles. The van der Waals surface area contributed by atoms with Crippen molar-refractivity contribution in [3.8, 4) is 0 Å². The van der Waals surface area contributed by atoms with Crippen molar-refractivity contribution in [2.45, 2.75) is 27.3 Å². The Balaban J connectivity index is 2.07. The smallest absolute Gasteiger partial charge is 0.267 e. The number of aryl methyl sites for hydroxylation is 3. The van der Waals surface area contributed by atoms with Crippen molar-refractivity contribution in [2.24, 2.45) is 0 Å². The highest BCUT2D eigenvalue weighted by atomic mass is 32.1. The second-order valence-electron chi connectivity index (χ2n) is 5.02. The summed E-state index contributed by atoms with van der Waals surface area (Å²) in [6.07, 6.45) is 1.64. The quantitative estimate of drug-likeness (QED) is 0.780. The van der Waals surface area contributed by atoms with Crippen molar-refractivity contribution < 1.29 is 0 Å². The van der Waals surface area contributed by atoms with Gasteiger partial charge < -0.3 is 5.73 Å². The number of hydrogen-bond donors (Lipinski definition) is 1. The van der Waals surface area contributed by atoms with Crippen molar-refractivity contribution in [3.63, 3.8) is 0 Å². The molecule has 0 radical (unpaired) electrons. The minimum atomic E-state index is -0.171. The molecular weight excluding hydrogens is 286 g/mol. The molecule has 0 saturated heterocycles. The van der Waals surface area contributed by atoms with Crippen molar-refractivity contribution in [3.05, 3.63) is 44.4 Å². The Bertz CT molecular complexity index is 896. The fourth-order valence-corrected chi connectivity index (χ4v) is 3.23. The Hall–Kier alpha value is -2.28. The van der Waals surface area contributed by atoms with Crippen molar-refractivity contribution in [1.29, 1.82) is 0 Å². The highest BCUT2D eigenvalue weighted by Gasteiger charge is 2.13. The zero-order chi connectivity index (χ0) is 15.1. The van der Waals surface area contributed by atoms with Crippen LogP contribution in [-0.4, -0.2) is 19.7 Å². The SMILES string of the molecule is Cc1cnn(Cc2nc(N)c3c(C)c(C)sc3n2)c(=O)c1. The fourth-order valence-electron chi connectivity index (χ4n) is 2.17. The molecule has 3 heterocycles. The summed E-state index contributed by atoms with van der Waals surface area (Å²) in [6, 6.07) is 1.54. The van der Waals surface area contributed by atoms with E-state index in [0.717, 1.165) is 21.3 Å². The van der Waals surface area contributed by atoms with Gasteiger partial charge in [-0.05, 0) is 31.9 Å². The minimum Gasteiger partial charge on any atom is -0.383 e. The average Bonchev–Trinajstić information content (AvgIpc) is 2.69. The lowest BCUT2D eigenvalue weighted by Crippen LogP contribution is -2.23. The zero-order valence-corrected chi connectivity index (χ0v) is 12.9. The molecule has 3 rings (SSSR count). The van der Waals surface area contributed by atoms with Gasteiger partial charge in [0.15, 0.2) is 5.82 Å². The summed E-state index contributed by atoms with van der Waals surface area (Å²) in [6.45, 7) is 6.10. The molecule has 0 atom stereocenters. The maximum absolute atomic E-state index is 11.9. The van der Waals surface area contributed by atoms with E-state index in [4.69, 9.17) is 5.73 Å². The van der Waals surface area contributed by atoms with Crippen LogP contribution in [0.3, 0.4) is 0 Å². The zero-order valence-electron chi connectivity index (χ0n) is 12.0. The maximum atomic E-state index is 11.9. The molecule has 0 saturated carbocycles. The summed E-state index contributed by atoms with van der Waals surface area (Å²) in [7, 11) is 0. The summed E-state index contributed by atoms with van der Waals surface area (Å²) in [5, 5.41) is 5.00. The Labute approximate surface area is 125 Å². The molecule has 6 nitrogen and oxygen atoms in total. The van der Waals surface area contributed by atoms with Gasteiger partial charge in [-0.15, -0.1) is 11.3 Å². The fraction of sp³-hybridized carbons (Fsp3) is 0.286. The van der Waals surface area contributed by atoms with Crippen LogP contribution in [-0.2, 0) is 6.54 Å². The third-order valence-corrected chi connectivity index (χ3v) is 4.50. The second kappa shape index (κ2) is 4.92. The highest BCUT2D eigenvalue weighted by Crippen LogP contribution is 2.31. The van der Waals surface area contributed by atoms with E-state index in [1.165, 1.54) is 15.6 Å². The minimum absolute atomic E-state index is 0.171. The lowest BCUT2D eigenvalue weighted by molar-refractivity contribution is 0.614. The van der Waals surface area contributed by atoms with Crippen LogP contribution in [0.5, 0.6) is 0 Å². The molecule has 2 N–H and O–H groups in total. The first-order valence-electron chi connectivity index (χ1n) is 6.51. The van der Waals surface area contributed by atoms with Crippen LogP contribution in [0.25, 0.3) is 10.2 Å². The predicted molar refractivity (Wildman–Crippen MR) is 83.6 cm³/mol. The number of hydrogen-bond acceptors (Lipinski definition) is 6. The number of fused-ring (bicyclic) bond motifs is 1. The standard InChI is InChI=1S/C14H15N5OS/c1-7-4-11(20)19(16-5-7)6-10-17-13(15)12-8(2)9(3)21-14(12)18-10/h4-5H,6H2,1-3H3,(H2,15,17,18). The van der Waals surface area contributed by atoms with Gasteiger partial charge in [0.2, 0.25) is 0 Å². The van der Waals surface area contributed by atoms with Gasteiger partial charge in [0, 0.05) is 10.9 Å². The van der Waals surface area contributed by atoms with Gasteiger partial charge in [0.1, 0.15) is 17.2 Å². The molecule has 0 bridgehead atoms. The predicted octanol–water partition coefficient (Wildman–Crippen LogP) is 1.80. The van der Waals surface area contributed by atoms with Crippen LogP contribution in [0.4, 0.5) is 5.82 Å². The topological polar surface area (TPSA) is 86.7 Å². The summed E-state index contributed by atoms with van der Waals surface area (Å²) in [4.78, 5) is 22.7. The normalized spacial score (nSPS) is 11.2. The van der Waals surface area contributed by atoms with Crippen molar-refractivity contribution in [1.82, 2.24) is 19.7 Å². The second-order valence-corrected chi connectivity index (χ2v) is 6.22. The molecular formula is C14H15N5OS. The van der Waals surface area contributed by atoms with Gasteiger partial charge in [0.05, 0.1) is 11.6 Å². The van der Waals surface area contributed by atoms with Crippen LogP contribution < -0.4 is 11.3 Å². The van der Waals surface area contributed by atoms with Gasteiger partial charge in [-0.3, -0.25) is 4.79 Å². The van der Waals surface area contributed by atoms with Gasteiger partial charge in [-0.1, -0.05) is 0 Å². The van der Waals surface area contributed by atoms with Crippen molar-refractivity contribution >= 4 is 27.4 Å². The molecule has 0 fully saturated rings. The monoisotopic (exact) mass is 301 g/mol. The van der Waals surface area contributed by atoms with Gasteiger partial charge in [-0.2, -0.15) is 5.10 Å². The van der Waals surface area contributed by atoms with Crippen LogP contribution >= 0.6 is 11.3 Å². The molecule has 0 unspecified atom stereocenters. The summed E-state index contributed by atoms with van der Waals surface area (Å²) >= 11 is 1.59. The van der Waals surface area contributed by atoms with Crippen LogP contribution in [0.15, 0.2) is 17.1 Å². The molecule has 3 aromatic heterocycles. The average molecular weight is 301 g/mol. The van der Waals surface area contributed by atoms with E-state index < -0.39 is 0 Å². The molecule has 0 amide bonds. The van der Waals surface area contributed by atoms with E-state index in [-0.39, 0.29) is 12.1 Å². The lowest BCUT2D eigenvalue weighted by atomic mass is 10.2. The first-order valence-corrected chi connectivity index (χ1v) is 7.33. The number of nitrogens with two attached hydrogens (primary N) is 1. The summed E-state index contributed by atoms with van der Waals surface area (Å²) < 4.78 is 1.33. The van der Waals surface area contributed by atoms with Gasteiger partial charge in [0.25, 0.3) is 5.56 Å². The number of thiophene rings is 1. The molecule has 108 valence electrons. The molecule has 0 aliphatic heterocycles. The Kier molecular flexibility index (Phi) is 3.21. The number of nitrogen functional groups attached to an aromatic ring is 1. The van der Waals surface area contributed by atoms with E-state index in [2.05, 4.69) is 15.1 Å². The number of rotatable bonds is 2. The Morgan fingerprint density at radius 2 is 2.05 bits per heavy atom. The molecule has 0 aliphatic rings. The molecule has 0 spiro atoms. The molecule has 7 heteroatoms. The maximum Gasteiger partial charge on any atom is 0.267 e. The first-order chi connectivity index (χ1) is 9.95. The van der Waals surface area contributed by atoms with Crippen LogP contribution in [0.1, 0.15) is 21.8 Å². The summed E-state index contributed by atoms with van der Waals surface area (Å²) in [5.74, 6) is 0.955. The number of anilines is 1. The number of nitrogens with zero attached hydrogens (tertiary/aromatic N) is 4. The van der Waals surface area contributed by atoms with Gasteiger partial charge >= 0.3 is 0 Å². The largest absolute Gasteiger partial charge is 0.383 e. The van der Waals surface area contributed by atoms with E-state index in [0.29, 0.717) is 11.6 Å². The third-order valence-electron chi connectivity index (χ3n) is 3.40. The molecule has 0 aliphatic carbocycles. The summed E-state index contributed by atoms with van der Waals surface area (Å²) in [5.41, 5.74) is 7.81. The van der Waals surface area contributed by atoms with Crippen LogP contribution in [0.2, 0.25) is 0 Å². The molecule has 21 heavy (non-hydrogen) atoms. The van der Waals surface area contributed by atoms with E-state index >= 15 is 0 Å².